The van der Waals surface area contributed by atoms with E-state index in [0.717, 1.165) is 29.3 Å². The first kappa shape index (κ1) is 14.1. The molecule has 0 bridgehead atoms. The third-order valence-electron chi connectivity index (χ3n) is 4.57. The molecule has 1 aliphatic carbocycles. The molecule has 4 nitrogen and oxygen atoms in total. The van der Waals surface area contributed by atoms with Crippen molar-refractivity contribution in [3.63, 3.8) is 0 Å². The van der Waals surface area contributed by atoms with Gasteiger partial charge in [0.1, 0.15) is 0 Å². The van der Waals surface area contributed by atoms with Crippen molar-refractivity contribution in [2.24, 2.45) is 0 Å². The van der Waals surface area contributed by atoms with Crippen LogP contribution in [0, 0.1) is 6.92 Å². The Hall–Kier alpha value is -2.49. The predicted molar refractivity (Wildman–Crippen MR) is 92.6 cm³/mol. The third-order valence-corrected chi connectivity index (χ3v) is 4.57. The quantitative estimate of drug-likeness (QED) is 0.743. The summed E-state index contributed by atoms with van der Waals surface area (Å²) in [5.41, 5.74) is 6.20. The summed E-state index contributed by atoms with van der Waals surface area (Å²) >= 11 is 0. The Morgan fingerprint density at radius 2 is 1.96 bits per heavy atom. The van der Waals surface area contributed by atoms with Gasteiger partial charge in [0.25, 0.3) is 0 Å². The molecule has 1 aromatic carbocycles. The average Bonchev–Trinajstić information content (AvgIpc) is 3.01. The number of benzene rings is 1. The highest BCUT2D eigenvalue weighted by molar-refractivity contribution is 5.83. The van der Waals surface area contributed by atoms with Crippen molar-refractivity contribution in [2.45, 2.75) is 32.7 Å². The Bertz CT molecular complexity index is 858. The van der Waals surface area contributed by atoms with E-state index in [4.69, 9.17) is 9.97 Å². The molecule has 1 aliphatic rings. The van der Waals surface area contributed by atoms with Gasteiger partial charge in [-0.25, -0.2) is 9.97 Å². The zero-order valence-electron chi connectivity index (χ0n) is 13.6. The number of rotatable bonds is 3. The fourth-order valence-electron chi connectivity index (χ4n) is 3.34. The van der Waals surface area contributed by atoms with Crippen LogP contribution in [0.25, 0.3) is 10.9 Å². The van der Waals surface area contributed by atoms with Crippen LogP contribution in [0.2, 0.25) is 0 Å². The number of anilines is 1. The minimum Gasteiger partial charge on any atom is -0.339 e. The lowest BCUT2D eigenvalue weighted by molar-refractivity contribution is 0.863. The van der Waals surface area contributed by atoms with Crippen molar-refractivity contribution in [1.29, 1.82) is 0 Å². The molecule has 3 aromatic rings. The highest BCUT2D eigenvalue weighted by atomic mass is 15.2. The van der Waals surface area contributed by atoms with E-state index in [2.05, 4.69) is 35.0 Å². The van der Waals surface area contributed by atoms with Crippen molar-refractivity contribution in [1.82, 2.24) is 15.0 Å². The monoisotopic (exact) mass is 304 g/mol. The van der Waals surface area contributed by atoms with Crippen LogP contribution in [-0.4, -0.2) is 22.0 Å². The summed E-state index contributed by atoms with van der Waals surface area (Å²) in [4.78, 5) is 15.8. The molecule has 4 heteroatoms. The number of aromatic nitrogens is 3. The van der Waals surface area contributed by atoms with E-state index in [1.807, 2.05) is 19.3 Å². The highest BCUT2D eigenvalue weighted by Gasteiger charge is 2.15. The SMILES string of the molecule is Cc1nc(N(C)Cc2cccnc2)nc2cc3c(cc12)CCC3. The van der Waals surface area contributed by atoms with Gasteiger partial charge in [-0.3, -0.25) is 4.98 Å². The van der Waals surface area contributed by atoms with Crippen molar-refractivity contribution in [3.05, 3.63) is 59.0 Å². The standard InChI is InChI=1S/C19H20N4/c1-13-17-9-15-6-3-7-16(15)10-18(17)22-19(21-13)23(2)12-14-5-4-8-20-11-14/h4-5,8-11H,3,6-7,12H2,1-2H3. The van der Waals surface area contributed by atoms with E-state index in [1.54, 1.807) is 6.20 Å². The molecule has 4 rings (SSSR count). The van der Waals surface area contributed by atoms with Crippen LogP contribution in [0.15, 0.2) is 36.7 Å². The number of aryl methyl sites for hydroxylation is 3. The lowest BCUT2D eigenvalue weighted by Crippen LogP contribution is -2.19. The second-order valence-electron chi connectivity index (χ2n) is 6.32. The Morgan fingerprint density at radius 3 is 2.74 bits per heavy atom. The normalized spacial score (nSPS) is 13.3. The minimum atomic E-state index is 0.754. The van der Waals surface area contributed by atoms with Crippen LogP contribution < -0.4 is 4.90 Å². The molecule has 0 radical (unpaired) electrons. The Balaban J connectivity index is 1.71. The molecular formula is C19H20N4. The molecule has 0 spiro atoms. The van der Waals surface area contributed by atoms with Crippen molar-refractivity contribution >= 4 is 16.9 Å². The van der Waals surface area contributed by atoms with Gasteiger partial charge >= 0.3 is 0 Å². The lowest BCUT2D eigenvalue weighted by atomic mass is 10.1. The van der Waals surface area contributed by atoms with Crippen LogP contribution in [0.5, 0.6) is 0 Å². The zero-order chi connectivity index (χ0) is 15.8. The van der Waals surface area contributed by atoms with Gasteiger partial charge < -0.3 is 4.90 Å². The number of hydrogen-bond donors (Lipinski definition) is 0. The second-order valence-corrected chi connectivity index (χ2v) is 6.32. The molecule has 0 N–H and O–H groups in total. The Kier molecular flexibility index (Phi) is 3.45. The van der Waals surface area contributed by atoms with E-state index >= 15 is 0 Å². The van der Waals surface area contributed by atoms with Gasteiger partial charge in [-0.15, -0.1) is 0 Å². The van der Waals surface area contributed by atoms with Crippen LogP contribution in [-0.2, 0) is 19.4 Å². The minimum absolute atomic E-state index is 0.754. The summed E-state index contributed by atoms with van der Waals surface area (Å²) < 4.78 is 0. The van der Waals surface area contributed by atoms with Crippen molar-refractivity contribution in [3.8, 4) is 0 Å². The van der Waals surface area contributed by atoms with E-state index in [9.17, 15) is 0 Å². The van der Waals surface area contributed by atoms with Gasteiger partial charge in [0.15, 0.2) is 0 Å². The first-order valence-corrected chi connectivity index (χ1v) is 8.11. The van der Waals surface area contributed by atoms with Crippen LogP contribution in [0.4, 0.5) is 5.95 Å². The van der Waals surface area contributed by atoms with Gasteiger partial charge in [-0.1, -0.05) is 6.07 Å². The second kappa shape index (κ2) is 5.61. The maximum absolute atomic E-state index is 4.80. The molecule has 2 aromatic heterocycles. The largest absolute Gasteiger partial charge is 0.339 e. The number of nitrogens with zero attached hydrogens (tertiary/aromatic N) is 4. The Labute approximate surface area is 136 Å². The molecule has 0 fully saturated rings. The van der Waals surface area contributed by atoms with E-state index < -0.39 is 0 Å². The predicted octanol–water partition coefficient (Wildman–Crippen LogP) is 3.46. The maximum atomic E-state index is 4.80. The molecule has 23 heavy (non-hydrogen) atoms. The topological polar surface area (TPSA) is 41.9 Å². The summed E-state index contributed by atoms with van der Waals surface area (Å²) in [6.07, 6.45) is 7.30. The number of fused-ring (bicyclic) bond motifs is 2. The van der Waals surface area contributed by atoms with Gasteiger partial charge in [0.05, 0.1) is 11.2 Å². The molecule has 0 saturated heterocycles. The van der Waals surface area contributed by atoms with Crippen molar-refractivity contribution < 1.29 is 0 Å². The number of pyridine rings is 1. The first-order valence-electron chi connectivity index (χ1n) is 8.11. The first-order chi connectivity index (χ1) is 11.2. The number of hydrogen-bond acceptors (Lipinski definition) is 4. The van der Waals surface area contributed by atoms with Crippen LogP contribution in [0.3, 0.4) is 0 Å². The zero-order valence-corrected chi connectivity index (χ0v) is 13.6. The smallest absolute Gasteiger partial charge is 0.226 e. The van der Waals surface area contributed by atoms with Gasteiger partial charge in [0.2, 0.25) is 5.95 Å². The lowest BCUT2D eigenvalue weighted by Gasteiger charge is -2.18. The Morgan fingerprint density at radius 1 is 1.13 bits per heavy atom. The van der Waals surface area contributed by atoms with Gasteiger partial charge in [0, 0.05) is 31.4 Å². The van der Waals surface area contributed by atoms with E-state index in [1.165, 1.54) is 35.8 Å². The van der Waals surface area contributed by atoms with Crippen LogP contribution in [0.1, 0.15) is 28.8 Å². The maximum Gasteiger partial charge on any atom is 0.226 e. The molecule has 0 saturated carbocycles. The molecule has 0 aliphatic heterocycles. The summed E-state index contributed by atoms with van der Waals surface area (Å²) in [6, 6.07) is 8.58. The average molecular weight is 304 g/mol. The van der Waals surface area contributed by atoms with Crippen molar-refractivity contribution in [2.75, 3.05) is 11.9 Å². The molecule has 0 unspecified atom stereocenters. The van der Waals surface area contributed by atoms with E-state index in [0.29, 0.717) is 0 Å². The fraction of sp³-hybridized carbons (Fsp3) is 0.316. The molecule has 116 valence electrons. The van der Waals surface area contributed by atoms with Gasteiger partial charge in [-0.2, -0.15) is 0 Å². The summed E-state index contributed by atoms with van der Waals surface area (Å²) in [5, 5.41) is 1.18. The molecular weight excluding hydrogens is 284 g/mol. The van der Waals surface area contributed by atoms with E-state index in [-0.39, 0.29) is 0 Å². The summed E-state index contributed by atoms with van der Waals surface area (Å²) in [5.74, 6) is 0.775. The fourth-order valence-corrected chi connectivity index (χ4v) is 3.34. The summed E-state index contributed by atoms with van der Waals surface area (Å²) in [6.45, 7) is 2.83. The van der Waals surface area contributed by atoms with Crippen LogP contribution >= 0.6 is 0 Å². The molecule has 0 amide bonds. The summed E-state index contributed by atoms with van der Waals surface area (Å²) in [7, 11) is 2.03. The molecule has 0 atom stereocenters. The van der Waals surface area contributed by atoms with Gasteiger partial charge in [-0.05, 0) is 61.1 Å². The highest BCUT2D eigenvalue weighted by Crippen LogP contribution is 2.28. The third kappa shape index (κ3) is 2.65. The molecule has 2 heterocycles.